The van der Waals surface area contributed by atoms with Crippen LogP contribution < -0.4 is 10.6 Å². The highest BCUT2D eigenvalue weighted by Gasteiger charge is 2.06. The van der Waals surface area contributed by atoms with Gasteiger partial charge >= 0.3 is 0 Å². The van der Waals surface area contributed by atoms with Crippen LogP contribution in [0.2, 0.25) is 0 Å². The highest BCUT2D eigenvalue weighted by molar-refractivity contribution is 5.78. The summed E-state index contributed by atoms with van der Waals surface area (Å²) < 4.78 is 0. The summed E-state index contributed by atoms with van der Waals surface area (Å²) in [5.41, 5.74) is 0. The zero-order valence-electron chi connectivity index (χ0n) is 10.5. The molecule has 0 saturated heterocycles. The molecule has 0 aromatic heterocycles. The second kappa shape index (κ2) is 10.5. The minimum atomic E-state index is 0.0886. The van der Waals surface area contributed by atoms with E-state index >= 15 is 0 Å². The minimum absolute atomic E-state index is 0.0886. The van der Waals surface area contributed by atoms with Crippen molar-refractivity contribution in [2.24, 2.45) is 0 Å². The van der Waals surface area contributed by atoms with Crippen molar-refractivity contribution >= 4 is 5.91 Å². The van der Waals surface area contributed by atoms with E-state index in [0.29, 0.717) is 12.6 Å². The molecule has 0 heterocycles. The molecule has 0 aromatic rings. The molecular formula is C13H24N2O. The molecule has 0 radical (unpaired) electrons. The van der Waals surface area contributed by atoms with Gasteiger partial charge in [-0.05, 0) is 32.2 Å². The van der Waals surface area contributed by atoms with E-state index in [-0.39, 0.29) is 5.91 Å². The third-order valence-electron chi connectivity index (χ3n) is 2.56. The number of carbonyl (C=O) groups is 1. The van der Waals surface area contributed by atoms with Gasteiger partial charge in [-0.15, -0.1) is 12.3 Å². The molecule has 0 aromatic carbocycles. The Labute approximate surface area is 99.4 Å². The number of carbonyl (C=O) groups excluding carboxylic acids is 1. The Morgan fingerprint density at radius 3 is 2.56 bits per heavy atom. The van der Waals surface area contributed by atoms with Gasteiger partial charge in [0.05, 0.1) is 6.54 Å². The van der Waals surface area contributed by atoms with Gasteiger partial charge in [0.25, 0.3) is 0 Å². The van der Waals surface area contributed by atoms with Crippen LogP contribution in [0, 0.1) is 12.3 Å². The van der Waals surface area contributed by atoms with Gasteiger partial charge < -0.3 is 10.6 Å². The fourth-order valence-corrected chi connectivity index (χ4v) is 1.45. The Morgan fingerprint density at radius 2 is 2.00 bits per heavy atom. The zero-order valence-corrected chi connectivity index (χ0v) is 10.5. The average Bonchev–Trinajstić information content (AvgIpc) is 2.30. The summed E-state index contributed by atoms with van der Waals surface area (Å²) in [4.78, 5) is 11.5. The number of terminal acetylenes is 1. The monoisotopic (exact) mass is 224 g/mol. The average molecular weight is 224 g/mol. The summed E-state index contributed by atoms with van der Waals surface area (Å²) in [5.74, 6) is 2.69. The van der Waals surface area contributed by atoms with Crippen molar-refractivity contribution in [3.8, 4) is 12.3 Å². The molecular weight excluding hydrogens is 200 g/mol. The van der Waals surface area contributed by atoms with Crippen LogP contribution in [0.5, 0.6) is 0 Å². The number of amides is 1. The van der Waals surface area contributed by atoms with Crippen molar-refractivity contribution < 1.29 is 4.79 Å². The highest BCUT2D eigenvalue weighted by Crippen LogP contribution is 1.95. The first kappa shape index (κ1) is 15.0. The molecule has 1 amide bonds. The third-order valence-corrected chi connectivity index (χ3v) is 2.56. The molecule has 0 aliphatic heterocycles. The highest BCUT2D eigenvalue weighted by atomic mass is 16.1. The lowest BCUT2D eigenvalue weighted by Crippen LogP contribution is -2.40. The first-order valence-corrected chi connectivity index (χ1v) is 6.18. The molecule has 0 rings (SSSR count). The fraction of sp³-hybridized carbons (Fsp3) is 0.769. The van der Waals surface area contributed by atoms with Gasteiger partial charge in [0.2, 0.25) is 5.91 Å². The van der Waals surface area contributed by atoms with E-state index in [0.717, 1.165) is 38.6 Å². The van der Waals surface area contributed by atoms with Crippen molar-refractivity contribution in [1.29, 1.82) is 0 Å². The lowest BCUT2D eigenvalue weighted by Gasteiger charge is -2.14. The molecule has 0 unspecified atom stereocenters. The first-order valence-electron chi connectivity index (χ1n) is 6.18. The number of unbranched alkanes of at least 4 members (excludes halogenated alkanes) is 2. The summed E-state index contributed by atoms with van der Waals surface area (Å²) >= 11 is 0. The lowest BCUT2D eigenvalue weighted by atomic mass is 10.2. The van der Waals surface area contributed by atoms with Gasteiger partial charge in [0, 0.05) is 12.5 Å². The zero-order chi connectivity index (χ0) is 12.2. The van der Waals surface area contributed by atoms with Crippen LogP contribution in [0.4, 0.5) is 0 Å². The van der Waals surface area contributed by atoms with E-state index in [4.69, 9.17) is 6.42 Å². The predicted molar refractivity (Wildman–Crippen MR) is 68.1 cm³/mol. The summed E-state index contributed by atoms with van der Waals surface area (Å²) in [5, 5.41) is 6.10. The number of hydrogen-bond acceptors (Lipinski definition) is 2. The topological polar surface area (TPSA) is 41.1 Å². The lowest BCUT2D eigenvalue weighted by molar-refractivity contribution is -0.121. The molecule has 0 fully saturated rings. The van der Waals surface area contributed by atoms with E-state index in [1.807, 2.05) is 0 Å². The van der Waals surface area contributed by atoms with Gasteiger partial charge in [0.15, 0.2) is 0 Å². The normalized spacial score (nSPS) is 10.1. The van der Waals surface area contributed by atoms with Crippen molar-refractivity contribution in [3.05, 3.63) is 0 Å². The first-order chi connectivity index (χ1) is 7.74. The van der Waals surface area contributed by atoms with E-state index in [1.54, 1.807) is 0 Å². The molecule has 0 saturated carbocycles. The van der Waals surface area contributed by atoms with Crippen molar-refractivity contribution in [3.63, 3.8) is 0 Å². The summed E-state index contributed by atoms with van der Waals surface area (Å²) in [6, 6.07) is 0.316. The fourth-order valence-electron chi connectivity index (χ4n) is 1.45. The summed E-state index contributed by atoms with van der Waals surface area (Å²) in [6.45, 7) is 5.44. The largest absolute Gasteiger partial charge is 0.352 e. The number of hydrogen-bond donors (Lipinski definition) is 2. The Bertz CT molecular complexity index is 216. The number of rotatable bonds is 9. The van der Waals surface area contributed by atoms with E-state index in [2.05, 4.69) is 30.4 Å². The number of nitrogens with one attached hydrogen (secondary N) is 2. The maximum atomic E-state index is 11.5. The third kappa shape index (κ3) is 8.31. The maximum absolute atomic E-state index is 11.5. The van der Waals surface area contributed by atoms with Crippen molar-refractivity contribution in [2.75, 3.05) is 13.1 Å². The van der Waals surface area contributed by atoms with E-state index < -0.39 is 0 Å². The van der Waals surface area contributed by atoms with Crippen LogP contribution in [-0.4, -0.2) is 25.0 Å². The minimum Gasteiger partial charge on any atom is -0.352 e. The van der Waals surface area contributed by atoms with Gasteiger partial charge in [-0.1, -0.05) is 13.8 Å². The second-order valence-electron chi connectivity index (χ2n) is 3.92. The molecule has 0 atom stereocenters. The Kier molecular flexibility index (Phi) is 9.84. The van der Waals surface area contributed by atoms with Gasteiger partial charge in [-0.2, -0.15) is 0 Å². The van der Waals surface area contributed by atoms with Crippen LogP contribution in [0.1, 0.15) is 46.0 Å². The van der Waals surface area contributed by atoms with Gasteiger partial charge in [-0.25, -0.2) is 0 Å². The SMILES string of the molecule is C#CCCCCNCC(=O)NC(CC)CC. The quantitative estimate of drug-likeness (QED) is 0.462. The summed E-state index contributed by atoms with van der Waals surface area (Å²) in [6.07, 6.45) is 10.0. The molecule has 2 N–H and O–H groups in total. The molecule has 0 spiro atoms. The Hall–Kier alpha value is -1.01. The molecule has 0 bridgehead atoms. The van der Waals surface area contributed by atoms with Gasteiger partial charge in [0.1, 0.15) is 0 Å². The van der Waals surface area contributed by atoms with Crippen LogP contribution >= 0.6 is 0 Å². The smallest absolute Gasteiger partial charge is 0.234 e. The second-order valence-corrected chi connectivity index (χ2v) is 3.92. The summed E-state index contributed by atoms with van der Waals surface area (Å²) in [7, 11) is 0. The van der Waals surface area contributed by atoms with Crippen LogP contribution in [-0.2, 0) is 4.79 Å². The van der Waals surface area contributed by atoms with Crippen LogP contribution in [0.25, 0.3) is 0 Å². The van der Waals surface area contributed by atoms with Crippen LogP contribution in [0.3, 0.4) is 0 Å². The predicted octanol–water partition coefficient (Wildman–Crippen LogP) is 1.68. The molecule has 0 aliphatic rings. The Balaban J connectivity index is 3.40. The van der Waals surface area contributed by atoms with E-state index in [1.165, 1.54) is 0 Å². The van der Waals surface area contributed by atoms with Crippen molar-refractivity contribution in [2.45, 2.75) is 52.0 Å². The molecule has 92 valence electrons. The van der Waals surface area contributed by atoms with Crippen molar-refractivity contribution in [1.82, 2.24) is 10.6 Å². The van der Waals surface area contributed by atoms with Gasteiger partial charge in [-0.3, -0.25) is 4.79 Å². The maximum Gasteiger partial charge on any atom is 0.234 e. The molecule has 16 heavy (non-hydrogen) atoms. The molecule has 3 heteroatoms. The molecule has 0 aliphatic carbocycles. The molecule has 3 nitrogen and oxygen atoms in total. The Morgan fingerprint density at radius 1 is 1.31 bits per heavy atom. The standard InChI is InChI=1S/C13H24N2O/c1-4-7-8-9-10-14-11-13(16)15-12(5-2)6-3/h1,12,14H,5-11H2,2-3H3,(H,15,16). The van der Waals surface area contributed by atoms with Crippen LogP contribution in [0.15, 0.2) is 0 Å². The van der Waals surface area contributed by atoms with E-state index in [9.17, 15) is 4.79 Å².